The molecule has 0 saturated carbocycles. The van der Waals surface area contributed by atoms with E-state index < -0.39 is 0 Å². The Balaban J connectivity index is -0.0000000203. The number of hydrogen-bond acceptors (Lipinski definition) is 3. The summed E-state index contributed by atoms with van der Waals surface area (Å²) in [4.78, 5) is 24.0. The van der Waals surface area contributed by atoms with Gasteiger partial charge in [0.2, 0.25) is 0 Å². The topological polar surface area (TPSA) is 51.2 Å². The quantitative estimate of drug-likeness (QED) is 0.486. The van der Waals surface area contributed by atoms with Crippen molar-refractivity contribution >= 4 is 20.4 Å². The van der Waals surface area contributed by atoms with Crippen LogP contribution >= 0.6 is 0 Å². The van der Waals surface area contributed by atoms with Gasteiger partial charge in [0, 0.05) is 17.1 Å². The molecule has 0 N–H and O–H groups in total. The largest absolute Gasteiger partial charge is 0.307 e. The Morgan fingerprint density at radius 3 is 1.17 bits per heavy atom. The summed E-state index contributed by atoms with van der Waals surface area (Å²) in [5, 5.41) is 0. The third kappa shape index (κ3) is 567. The molecule has 12 heavy (non-hydrogen) atoms. The van der Waals surface area contributed by atoms with Gasteiger partial charge in [0.1, 0.15) is 20.4 Å². The number of carbonyl (C=O) groups is 3. The Labute approximate surface area is 84.0 Å². The molecule has 0 heterocycles. The van der Waals surface area contributed by atoms with E-state index in [9.17, 15) is 0 Å². The van der Waals surface area contributed by atoms with Crippen LogP contribution in [0.25, 0.3) is 0 Å². The molecular formula is C8H14FeO3. The Morgan fingerprint density at radius 2 is 1.17 bits per heavy atom. The molecule has 0 bridgehead atoms. The summed E-state index contributed by atoms with van der Waals surface area (Å²) in [7, 11) is 0. The van der Waals surface area contributed by atoms with Crippen LogP contribution in [-0.2, 0) is 31.5 Å². The molecule has 0 radical (unpaired) electrons. The molecule has 0 aliphatic heterocycles. The zero-order chi connectivity index (χ0) is 10.1. The fourth-order valence-corrected chi connectivity index (χ4v) is 0.136. The second-order valence-electron chi connectivity index (χ2n) is 0.761. The van der Waals surface area contributed by atoms with Crippen LogP contribution in [0.4, 0.5) is 0 Å². The van der Waals surface area contributed by atoms with Gasteiger partial charge in [-0.1, -0.05) is 24.8 Å². The van der Waals surface area contributed by atoms with E-state index in [1.165, 1.54) is 0 Å². The molecule has 0 aromatic rings. The van der Waals surface area contributed by atoms with Gasteiger partial charge in [0.15, 0.2) is 0 Å². The van der Waals surface area contributed by atoms with Gasteiger partial charge in [-0.25, -0.2) is 0 Å². The van der Waals surface area contributed by atoms with Crippen molar-refractivity contribution in [2.75, 3.05) is 0 Å². The van der Waals surface area contributed by atoms with Gasteiger partial charge in [-0.2, -0.15) is 0 Å². The Kier molecular flexibility index (Phi) is 512. The van der Waals surface area contributed by atoms with Gasteiger partial charge >= 0.3 is 0 Å². The zero-order valence-corrected chi connectivity index (χ0v) is 8.24. The van der Waals surface area contributed by atoms with Crippen LogP contribution in [0.15, 0.2) is 24.8 Å². The first-order chi connectivity index (χ1) is 5.41. The number of allylic oxidation sites excluding steroid dienone is 3. The predicted molar refractivity (Wildman–Crippen MR) is 46.4 cm³/mol. The van der Waals surface area contributed by atoms with E-state index in [-0.39, 0.29) is 17.1 Å². The van der Waals surface area contributed by atoms with E-state index in [2.05, 4.69) is 6.58 Å². The van der Waals surface area contributed by atoms with Gasteiger partial charge < -0.3 is 14.4 Å². The average Bonchev–Trinajstić information content (AvgIpc) is 2.16. The molecule has 3 nitrogen and oxygen atoms in total. The van der Waals surface area contributed by atoms with Crippen LogP contribution in [0.2, 0.25) is 0 Å². The fraction of sp³-hybridized carbons (Fsp3) is 0.125. The van der Waals surface area contributed by atoms with Gasteiger partial charge in [0.05, 0.1) is 0 Å². The minimum Gasteiger partial charge on any atom is -0.307 e. The van der Waals surface area contributed by atoms with Crippen molar-refractivity contribution < 1.29 is 31.5 Å². The van der Waals surface area contributed by atoms with E-state index in [0.29, 0.717) is 0 Å². The summed E-state index contributed by atoms with van der Waals surface area (Å²) < 4.78 is 0. The first-order valence-electron chi connectivity index (χ1n) is 2.52. The maximum absolute atomic E-state index is 8.00. The first kappa shape index (κ1) is 30.5. The van der Waals surface area contributed by atoms with E-state index >= 15 is 0 Å². The fourth-order valence-electron chi connectivity index (χ4n) is 0.136. The average molecular weight is 214 g/mol. The van der Waals surface area contributed by atoms with Gasteiger partial charge in [-0.05, 0) is 6.92 Å². The first-order valence-corrected chi connectivity index (χ1v) is 2.52. The minimum absolute atomic E-state index is 0. The molecule has 0 rings (SSSR count). The van der Waals surface area contributed by atoms with Crippen molar-refractivity contribution in [3.05, 3.63) is 24.8 Å². The van der Waals surface area contributed by atoms with E-state index in [4.69, 9.17) is 14.4 Å². The van der Waals surface area contributed by atoms with Crippen molar-refractivity contribution in [1.29, 1.82) is 0 Å². The SMILES string of the molecule is C=CC=CC.C=O.C=O.C=O.[Fe]. The van der Waals surface area contributed by atoms with Crippen molar-refractivity contribution in [1.82, 2.24) is 0 Å². The predicted octanol–water partition coefficient (Wildman–Crippen LogP) is 1.19. The van der Waals surface area contributed by atoms with Crippen LogP contribution in [-0.4, -0.2) is 20.4 Å². The van der Waals surface area contributed by atoms with Crippen molar-refractivity contribution in [2.45, 2.75) is 6.92 Å². The van der Waals surface area contributed by atoms with Crippen LogP contribution < -0.4 is 0 Å². The molecule has 0 unspecified atom stereocenters. The van der Waals surface area contributed by atoms with Gasteiger partial charge in [-0.15, -0.1) is 0 Å². The zero-order valence-electron chi connectivity index (χ0n) is 7.14. The van der Waals surface area contributed by atoms with Crippen molar-refractivity contribution in [3.63, 3.8) is 0 Å². The Bertz CT molecular complexity index is 79.6. The summed E-state index contributed by atoms with van der Waals surface area (Å²) in [6, 6.07) is 0. The van der Waals surface area contributed by atoms with E-state index in [0.717, 1.165) is 0 Å². The van der Waals surface area contributed by atoms with Crippen molar-refractivity contribution in [2.24, 2.45) is 0 Å². The van der Waals surface area contributed by atoms with Gasteiger partial charge in [0.25, 0.3) is 0 Å². The summed E-state index contributed by atoms with van der Waals surface area (Å²) in [5.41, 5.74) is 0. The molecule has 72 valence electrons. The summed E-state index contributed by atoms with van der Waals surface area (Å²) in [6.07, 6.45) is 5.58. The smallest absolute Gasteiger partial charge is 0.106 e. The second kappa shape index (κ2) is 201. The number of hydrogen-bond donors (Lipinski definition) is 0. The maximum atomic E-state index is 8.00. The molecule has 0 fully saturated rings. The van der Waals surface area contributed by atoms with Crippen LogP contribution in [0.5, 0.6) is 0 Å². The Hall–Kier alpha value is -0.991. The monoisotopic (exact) mass is 214 g/mol. The summed E-state index contributed by atoms with van der Waals surface area (Å²) >= 11 is 0. The molecular weight excluding hydrogens is 200 g/mol. The normalized spacial score (nSPS) is 4.75. The molecule has 0 atom stereocenters. The molecule has 0 aliphatic rings. The maximum Gasteiger partial charge on any atom is 0.106 e. The summed E-state index contributed by atoms with van der Waals surface area (Å²) in [6.45, 7) is 11.4. The van der Waals surface area contributed by atoms with Crippen LogP contribution in [0.3, 0.4) is 0 Å². The minimum atomic E-state index is 0. The summed E-state index contributed by atoms with van der Waals surface area (Å²) in [5.74, 6) is 0. The second-order valence-corrected chi connectivity index (χ2v) is 0.761. The van der Waals surface area contributed by atoms with Crippen LogP contribution in [0.1, 0.15) is 6.92 Å². The molecule has 0 spiro atoms. The van der Waals surface area contributed by atoms with Crippen molar-refractivity contribution in [3.8, 4) is 0 Å². The number of rotatable bonds is 1. The molecule has 0 amide bonds. The molecule has 4 heteroatoms. The van der Waals surface area contributed by atoms with Gasteiger partial charge in [-0.3, -0.25) is 0 Å². The van der Waals surface area contributed by atoms with Crippen LogP contribution in [0, 0.1) is 0 Å². The molecule has 0 aromatic heterocycles. The standard InChI is InChI=1S/C5H8.3CH2O.Fe/c1-3-5-4-2;3*1-2;/h3-5H,1H2,2H3;3*1H2;. The third-order valence-electron chi connectivity index (χ3n) is 0.329. The van der Waals surface area contributed by atoms with E-state index in [1.54, 1.807) is 6.08 Å². The Morgan fingerprint density at radius 1 is 0.917 bits per heavy atom. The molecule has 0 aromatic carbocycles. The van der Waals surface area contributed by atoms with E-state index in [1.807, 2.05) is 39.4 Å². The third-order valence-corrected chi connectivity index (χ3v) is 0.329. The number of carbonyl (C=O) groups excluding carboxylic acids is 3. The molecule has 0 saturated heterocycles. The molecule has 0 aliphatic carbocycles.